The molecule has 0 amide bonds. The van der Waals surface area contributed by atoms with E-state index in [4.69, 9.17) is 9.47 Å². The summed E-state index contributed by atoms with van der Waals surface area (Å²) in [5.41, 5.74) is 2.41. The Morgan fingerprint density at radius 1 is 0.633 bits per heavy atom. The number of esters is 2. The van der Waals surface area contributed by atoms with Crippen LogP contribution < -0.4 is 0 Å². The van der Waals surface area contributed by atoms with Gasteiger partial charge < -0.3 is 9.47 Å². The van der Waals surface area contributed by atoms with Crippen LogP contribution in [0.25, 0.3) is 0 Å². The third-order valence-electron chi connectivity index (χ3n) is 6.36. The van der Waals surface area contributed by atoms with Crippen LogP contribution in [0.15, 0.2) is 11.1 Å². The van der Waals surface area contributed by atoms with Crippen molar-refractivity contribution in [3.63, 3.8) is 0 Å². The molecule has 174 valence electrons. The number of unbranched alkanes of at least 4 members (excludes halogenated alkanes) is 10. The number of carbonyl (C=O) groups excluding carboxylic acids is 2. The first-order valence-corrected chi connectivity index (χ1v) is 12.5. The van der Waals surface area contributed by atoms with Crippen molar-refractivity contribution < 1.29 is 19.1 Å². The minimum absolute atomic E-state index is 0.225. The molecule has 0 aromatic carbocycles. The van der Waals surface area contributed by atoms with Gasteiger partial charge in [-0.05, 0) is 39.5 Å². The number of carbonyl (C=O) groups is 2. The fourth-order valence-corrected chi connectivity index (χ4v) is 4.11. The molecule has 0 spiro atoms. The summed E-state index contributed by atoms with van der Waals surface area (Å²) in [5.74, 6) is -1.24. The molecule has 1 aliphatic carbocycles. The highest BCUT2D eigenvalue weighted by Crippen LogP contribution is 2.35. The molecule has 0 N–H and O–H groups in total. The summed E-state index contributed by atoms with van der Waals surface area (Å²) in [4.78, 5) is 25.4. The minimum atomic E-state index is -0.397. The van der Waals surface area contributed by atoms with E-state index in [0.29, 0.717) is 26.1 Å². The third kappa shape index (κ3) is 10.6. The lowest BCUT2D eigenvalue weighted by Gasteiger charge is -2.30. The Hall–Kier alpha value is -1.32. The number of hydrogen-bond donors (Lipinski definition) is 0. The maximum atomic E-state index is 12.7. The molecule has 0 saturated heterocycles. The van der Waals surface area contributed by atoms with Gasteiger partial charge in [0.25, 0.3) is 0 Å². The number of hydrogen-bond acceptors (Lipinski definition) is 4. The van der Waals surface area contributed by atoms with Crippen LogP contribution in [-0.4, -0.2) is 25.2 Å². The van der Waals surface area contributed by atoms with Gasteiger partial charge in [0, 0.05) is 0 Å². The topological polar surface area (TPSA) is 52.6 Å². The molecule has 0 radical (unpaired) electrons. The molecule has 2 atom stereocenters. The molecule has 0 aromatic heterocycles. The maximum absolute atomic E-state index is 12.7. The van der Waals surface area contributed by atoms with E-state index in [-0.39, 0.29) is 11.9 Å². The summed E-state index contributed by atoms with van der Waals surface area (Å²) in [6.07, 6.45) is 15.1. The summed E-state index contributed by atoms with van der Waals surface area (Å²) in [7, 11) is 0. The van der Waals surface area contributed by atoms with Crippen LogP contribution in [0.1, 0.15) is 118 Å². The van der Waals surface area contributed by atoms with Gasteiger partial charge in [-0.2, -0.15) is 0 Å². The lowest BCUT2D eigenvalue weighted by atomic mass is 9.76. The van der Waals surface area contributed by atoms with Gasteiger partial charge in [-0.15, -0.1) is 0 Å². The van der Waals surface area contributed by atoms with Crippen molar-refractivity contribution >= 4 is 11.9 Å². The largest absolute Gasteiger partial charge is 0.465 e. The fourth-order valence-electron chi connectivity index (χ4n) is 4.11. The third-order valence-corrected chi connectivity index (χ3v) is 6.36. The summed E-state index contributed by atoms with van der Waals surface area (Å²) in [6.45, 7) is 9.45. The maximum Gasteiger partial charge on any atom is 0.310 e. The van der Waals surface area contributed by atoms with E-state index in [0.717, 1.165) is 25.7 Å². The van der Waals surface area contributed by atoms with Crippen molar-refractivity contribution in [3.8, 4) is 0 Å². The van der Waals surface area contributed by atoms with Gasteiger partial charge >= 0.3 is 11.9 Å². The highest BCUT2D eigenvalue weighted by molar-refractivity contribution is 5.83. The number of allylic oxidation sites excluding steroid dienone is 2. The Morgan fingerprint density at radius 2 is 0.967 bits per heavy atom. The molecule has 0 bridgehead atoms. The molecular weight excluding hydrogens is 376 g/mol. The molecule has 30 heavy (non-hydrogen) atoms. The van der Waals surface area contributed by atoms with Gasteiger partial charge in [-0.25, -0.2) is 0 Å². The van der Waals surface area contributed by atoms with Crippen LogP contribution in [-0.2, 0) is 19.1 Å². The molecule has 0 fully saturated rings. The van der Waals surface area contributed by atoms with Crippen molar-refractivity contribution in [2.75, 3.05) is 13.2 Å². The van der Waals surface area contributed by atoms with Gasteiger partial charge in [0.1, 0.15) is 0 Å². The van der Waals surface area contributed by atoms with Gasteiger partial charge in [-0.1, -0.05) is 89.2 Å². The fraction of sp³-hybridized carbons (Fsp3) is 0.846. The first-order valence-electron chi connectivity index (χ1n) is 12.5. The van der Waals surface area contributed by atoms with Crippen LogP contribution in [0, 0.1) is 11.8 Å². The molecule has 2 unspecified atom stereocenters. The normalized spacial score (nSPS) is 19.1. The minimum Gasteiger partial charge on any atom is -0.465 e. The van der Waals surface area contributed by atoms with E-state index < -0.39 is 11.8 Å². The number of ether oxygens (including phenoxy) is 2. The Kier molecular flexibility index (Phi) is 14.6. The van der Waals surface area contributed by atoms with Crippen LogP contribution in [0.3, 0.4) is 0 Å². The SMILES string of the molecule is CCCCCCCCOC(=O)C1CC(C)=C(C)CC1C(=O)OCCCCCCCC. The zero-order chi connectivity index (χ0) is 22.2. The van der Waals surface area contributed by atoms with E-state index in [1.54, 1.807) is 0 Å². The lowest BCUT2D eigenvalue weighted by molar-refractivity contribution is -0.161. The summed E-state index contributed by atoms with van der Waals surface area (Å²) >= 11 is 0. The van der Waals surface area contributed by atoms with E-state index in [1.165, 1.54) is 62.5 Å². The van der Waals surface area contributed by atoms with Gasteiger partial charge in [0.15, 0.2) is 0 Å². The van der Waals surface area contributed by atoms with Crippen LogP contribution in [0.5, 0.6) is 0 Å². The Bertz CT molecular complexity index is 477. The van der Waals surface area contributed by atoms with E-state index >= 15 is 0 Å². The summed E-state index contributed by atoms with van der Waals surface area (Å²) < 4.78 is 11.1. The second kappa shape index (κ2) is 16.4. The first-order chi connectivity index (χ1) is 14.5. The van der Waals surface area contributed by atoms with Gasteiger partial charge in [0.2, 0.25) is 0 Å². The van der Waals surface area contributed by atoms with Crippen LogP contribution >= 0.6 is 0 Å². The molecule has 4 nitrogen and oxygen atoms in total. The Balaban J connectivity index is 2.42. The average Bonchev–Trinajstić information content (AvgIpc) is 2.73. The quantitative estimate of drug-likeness (QED) is 0.150. The van der Waals surface area contributed by atoms with Crippen molar-refractivity contribution in [2.45, 2.75) is 118 Å². The van der Waals surface area contributed by atoms with Gasteiger partial charge in [-0.3, -0.25) is 9.59 Å². The highest BCUT2D eigenvalue weighted by atomic mass is 16.5. The van der Waals surface area contributed by atoms with Crippen molar-refractivity contribution in [1.82, 2.24) is 0 Å². The monoisotopic (exact) mass is 422 g/mol. The lowest BCUT2D eigenvalue weighted by Crippen LogP contribution is -2.35. The highest BCUT2D eigenvalue weighted by Gasteiger charge is 2.39. The second-order valence-electron chi connectivity index (χ2n) is 9.05. The molecule has 4 heteroatoms. The predicted octanol–water partition coefficient (Wildman–Crippen LogP) is 7.16. The molecule has 1 aliphatic rings. The Morgan fingerprint density at radius 3 is 1.33 bits per heavy atom. The van der Waals surface area contributed by atoms with Gasteiger partial charge in [0.05, 0.1) is 25.0 Å². The van der Waals surface area contributed by atoms with E-state index in [2.05, 4.69) is 27.7 Å². The predicted molar refractivity (Wildman–Crippen MR) is 123 cm³/mol. The van der Waals surface area contributed by atoms with Crippen LogP contribution in [0.2, 0.25) is 0 Å². The molecule has 0 heterocycles. The molecule has 0 aliphatic heterocycles. The summed E-state index contributed by atoms with van der Waals surface area (Å²) in [5, 5.41) is 0. The first kappa shape index (κ1) is 26.7. The standard InChI is InChI=1S/C26H46O4/c1-5-7-9-11-13-15-17-29-25(27)23-19-21(3)22(4)20-24(23)26(28)30-18-16-14-12-10-8-6-2/h23-24H,5-20H2,1-4H3. The van der Waals surface area contributed by atoms with E-state index in [1.807, 2.05) is 0 Å². The Labute approximate surface area is 185 Å². The molecule has 0 saturated carbocycles. The molecule has 1 rings (SSSR count). The molecular formula is C26H46O4. The zero-order valence-corrected chi connectivity index (χ0v) is 20.1. The van der Waals surface area contributed by atoms with Crippen molar-refractivity contribution in [2.24, 2.45) is 11.8 Å². The smallest absolute Gasteiger partial charge is 0.310 e. The van der Waals surface area contributed by atoms with Crippen molar-refractivity contribution in [3.05, 3.63) is 11.1 Å². The average molecular weight is 423 g/mol. The summed E-state index contributed by atoms with van der Waals surface area (Å²) in [6, 6.07) is 0. The van der Waals surface area contributed by atoms with E-state index in [9.17, 15) is 9.59 Å². The van der Waals surface area contributed by atoms with Crippen LogP contribution in [0.4, 0.5) is 0 Å². The second-order valence-corrected chi connectivity index (χ2v) is 9.05. The molecule has 0 aromatic rings. The number of rotatable bonds is 16. The zero-order valence-electron chi connectivity index (χ0n) is 20.1. The van der Waals surface area contributed by atoms with Crippen molar-refractivity contribution in [1.29, 1.82) is 0 Å².